The maximum atomic E-state index is 12.6. The van der Waals surface area contributed by atoms with Gasteiger partial charge in [-0.3, -0.25) is 9.59 Å². The van der Waals surface area contributed by atoms with Crippen molar-refractivity contribution in [1.82, 2.24) is 5.32 Å². The number of benzene rings is 2. The fraction of sp³-hybridized carbons (Fsp3) is 0.333. The highest BCUT2D eigenvalue weighted by Crippen LogP contribution is 2.20. The number of para-hydroxylation sites is 1. The minimum absolute atomic E-state index is 0.192. The lowest BCUT2D eigenvalue weighted by atomic mass is 10.1. The normalized spacial score (nSPS) is 10.4. The largest absolute Gasteiger partial charge is 0.490 e. The number of amides is 2. The number of carbonyl (C=O) groups excluding carboxylic acids is 2. The third-order valence-electron chi connectivity index (χ3n) is 3.82. The molecule has 0 aliphatic carbocycles. The number of carbonyl (C=O) groups is 2. The molecule has 7 nitrogen and oxygen atoms in total. The Morgan fingerprint density at radius 1 is 0.929 bits per heavy atom. The molecule has 2 aromatic carbocycles. The van der Waals surface area contributed by atoms with Crippen LogP contribution in [0.2, 0.25) is 0 Å². The van der Waals surface area contributed by atoms with E-state index < -0.39 is 0 Å². The van der Waals surface area contributed by atoms with Gasteiger partial charge in [-0.2, -0.15) is 0 Å². The SMILES string of the molecule is CCOCCOc1ccccc1C(=O)Nc1ccc(C(=O)NCCOC)cc1. The maximum Gasteiger partial charge on any atom is 0.259 e. The van der Waals surface area contributed by atoms with Crippen molar-refractivity contribution in [3.05, 3.63) is 59.7 Å². The highest BCUT2D eigenvalue weighted by atomic mass is 16.5. The number of ether oxygens (including phenoxy) is 3. The van der Waals surface area contributed by atoms with Crippen LogP contribution in [0.3, 0.4) is 0 Å². The Morgan fingerprint density at radius 2 is 1.68 bits per heavy atom. The van der Waals surface area contributed by atoms with Gasteiger partial charge in [0.05, 0.1) is 18.8 Å². The van der Waals surface area contributed by atoms with Gasteiger partial charge in [-0.05, 0) is 43.3 Å². The first-order chi connectivity index (χ1) is 13.7. The number of hydrogen-bond donors (Lipinski definition) is 2. The van der Waals surface area contributed by atoms with Crippen molar-refractivity contribution < 1.29 is 23.8 Å². The van der Waals surface area contributed by atoms with Gasteiger partial charge >= 0.3 is 0 Å². The minimum Gasteiger partial charge on any atom is -0.490 e. The molecule has 0 saturated heterocycles. The van der Waals surface area contributed by atoms with Gasteiger partial charge in [-0.15, -0.1) is 0 Å². The third kappa shape index (κ3) is 6.68. The molecular weight excluding hydrogens is 360 g/mol. The summed E-state index contributed by atoms with van der Waals surface area (Å²) in [4.78, 5) is 24.6. The van der Waals surface area contributed by atoms with E-state index in [9.17, 15) is 9.59 Å². The van der Waals surface area contributed by atoms with Gasteiger partial charge in [-0.25, -0.2) is 0 Å². The van der Waals surface area contributed by atoms with Crippen LogP contribution in [-0.2, 0) is 9.47 Å². The number of nitrogens with one attached hydrogen (secondary N) is 2. The van der Waals surface area contributed by atoms with E-state index in [-0.39, 0.29) is 11.8 Å². The number of hydrogen-bond acceptors (Lipinski definition) is 5. The molecule has 0 aliphatic rings. The van der Waals surface area contributed by atoms with Gasteiger partial charge in [0.1, 0.15) is 12.4 Å². The molecule has 0 spiro atoms. The molecule has 0 unspecified atom stereocenters. The van der Waals surface area contributed by atoms with Crippen LogP contribution in [0.1, 0.15) is 27.6 Å². The van der Waals surface area contributed by atoms with Crippen LogP contribution < -0.4 is 15.4 Å². The molecule has 0 fully saturated rings. The monoisotopic (exact) mass is 386 g/mol. The minimum atomic E-state index is -0.288. The van der Waals surface area contributed by atoms with Crippen molar-refractivity contribution in [2.75, 3.05) is 45.4 Å². The molecule has 2 rings (SSSR count). The first-order valence-corrected chi connectivity index (χ1v) is 9.13. The van der Waals surface area contributed by atoms with Crippen LogP contribution in [0.5, 0.6) is 5.75 Å². The molecular formula is C21H26N2O5. The van der Waals surface area contributed by atoms with Crippen LogP contribution in [0.4, 0.5) is 5.69 Å². The van der Waals surface area contributed by atoms with Crippen molar-refractivity contribution in [1.29, 1.82) is 0 Å². The van der Waals surface area contributed by atoms with Gasteiger partial charge in [0.25, 0.3) is 11.8 Å². The van der Waals surface area contributed by atoms with E-state index in [4.69, 9.17) is 14.2 Å². The molecule has 0 bridgehead atoms. The fourth-order valence-corrected chi connectivity index (χ4v) is 2.41. The Morgan fingerprint density at radius 3 is 2.39 bits per heavy atom. The summed E-state index contributed by atoms with van der Waals surface area (Å²) in [5.41, 5.74) is 1.52. The van der Waals surface area contributed by atoms with E-state index in [0.717, 1.165) is 0 Å². The lowest BCUT2D eigenvalue weighted by Gasteiger charge is -2.12. The third-order valence-corrected chi connectivity index (χ3v) is 3.82. The zero-order valence-electron chi connectivity index (χ0n) is 16.2. The standard InChI is InChI=1S/C21H26N2O5/c1-3-27-14-15-28-19-7-5-4-6-18(19)21(25)23-17-10-8-16(9-11-17)20(24)22-12-13-26-2/h4-11H,3,12-15H2,1-2H3,(H,22,24)(H,23,25). The highest BCUT2D eigenvalue weighted by Gasteiger charge is 2.13. The average Bonchev–Trinajstić information content (AvgIpc) is 2.72. The average molecular weight is 386 g/mol. The summed E-state index contributed by atoms with van der Waals surface area (Å²) in [5.74, 6) is 0.0149. The van der Waals surface area contributed by atoms with Gasteiger partial charge < -0.3 is 24.8 Å². The number of anilines is 1. The lowest BCUT2D eigenvalue weighted by molar-refractivity contribution is 0.0936. The summed E-state index contributed by atoms with van der Waals surface area (Å²) in [6.07, 6.45) is 0. The Kier molecular flexibility index (Phi) is 8.97. The molecule has 2 amide bonds. The summed E-state index contributed by atoms with van der Waals surface area (Å²) >= 11 is 0. The van der Waals surface area contributed by atoms with E-state index in [0.29, 0.717) is 55.5 Å². The first kappa shape index (κ1) is 21.4. The van der Waals surface area contributed by atoms with Crippen molar-refractivity contribution in [2.45, 2.75) is 6.92 Å². The molecule has 0 aliphatic heterocycles. The number of methoxy groups -OCH3 is 1. The second-order valence-corrected chi connectivity index (χ2v) is 5.82. The van der Waals surface area contributed by atoms with Gasteiger partial charge in [0.2, 0.25) is 0 Å². The molecule has 0 heterocycles. The van der Waals surface area contributed by atoms with E-state index in [1.807, 2.05) is 13.0 Å². The molecule has 2 aromatic rings. The molecule has 150 valence electrons. The second kappa shape index (κ2) is 11.7. The van der Waals surface area contributed by atoms with Crippen LogP contribution in [0.25, 0.3) is 0 Å². The summed E-state index contributed by atoms with van der Waals surface area (Å²) in [7, 11) is 1.58. The Balaban J connectivity index is 1.96. The van der Waals surface area contributed by atoms with Gasteiger partial charge in [0.15, 0.2) is 0 Å². The quantitative estimate of drug-likeness (QED) is 0.580. The smallest absolute Gasteiger partial charge is 0.259 e. The van der Waals surface area contributed by atoms with Crippen molar-refractivity contribution >= 4 is 17.5 Å². The molecule has 0 saturated carbocycles. The molecule has 28 heavy (non-hydrogen) atoms. The maximum absolute atomic E-state index is 12.6. The summed E-state index contributed by atoms with van der Waals surface area (Å²) in [5, 5.41) is 5.56. The summed E-state index contributed by atoms with van der Waals surface area (Å²) < 4.78 is 15.8. The van der Waals surface area contributed by atoms with Crippen LogP contribution in [0, 0.1) is 0 Å². The van der Waals surface area contributed by atoms with E-state index in [1.54, 1.807) is 49.6 Å². The summed E-state index contributed by atoms with van der Waals surface area (Å²) in [6.45, 7) is 4.24. The van der Waals surface area contributed by atoms with Crippen LogP contribution >= 0.6 is 0 Å². The predicted molar refractivity (Wildman–Crippen MR) is 107 cm³/mol. The zero-order chi connectivity index (χ0) is 20.2. The highest BCUT2D eigenvalue weighted by molar-refractivity contribution is 6.06. The molecule has 0 radical (unpaired) electrons. The fourth-order valence-electron chi connectivity index (χ4n) is 2.41. The Labute approximate surface area is 165 Å². The van der Waals surface area contributed by atoms with Crippen LogP contribution in [-0.4, -0.2) is 51.9 Å². The van der Waals surface area contributed by atoms with Crippen molar-refractivity contribution in [2.24, 2.45) is 0 Å². The van der Waals surface area contributed by atoms with Crippen molar-refractivity contribution in [3.63, 3.8) is 0 Å². The Hall–Kier alpha value is -2.90. The topological polar surface area (TPSA) is 85.9 Å². The molecule has 7 heteroatoms. The van der Waals surface area contributed by atoms with E-state index in [1.165, 1.54) is 0 Å². The lowest BCUT2D eigenvalue weighted by Crippen LogP contribution is -2.26. The van der Waals surface area contributed by atoms with E-state index in [2.05, 4.69) is 10.6 Å². The van der Waals surface area contributed by atoms with Crippen molar-refractivity contribution in [3.8, 4) is 5.75 Å². The molecule has 0 aromatic heterocycles. The van der Waals surface area contributed by atoms with Crippen LogP contribution in [0.15, 0.2) is 48.5 Å². The zero-order valence-corrected chi connectivity index (χ0v) is 16.2. The Bertz CT molecular complexity index is 762. The second-order valence-electron chi connectivity index (χ2n) is 5.82. The molecule has 2 N–H and O–H groups in total. The predicted octanol–water partition coefficient (Wildman–Crippen LogP) is 2.73. The number of rotatable bonds is 11. The first-order valence-electron chi connectivity index (χ1n) is 9.13. The van der Waals surface area contributed by atoms with E-state index >= 15 is 0 Å². The molecule has 0 atom stereocenters. The summed E-state index contributed by atoms with van der Waals surface area (Å²) in [6, 6.07) is 13.7. The van der Waals surface area contributed by atoms with Gasteiger partial charge in [-0.1, -0.05) is 12.1 Å². The van der Waals surface area contributed by atoms with Gasteiger partial charge in [0, 0.05) is 31.5 Å².